The lowest BCUT2D eigenvalue weighted by atomic mass is 10.1. The molecule has 5 nitrogen and oxygen atoms in total. The Labute approximate surface area is 179 Å². The van der Waals surface area contributed by atoms with E-state index in [0.717, 1.165) is 40.9 Å². The summed E-state index contributed by atoms with van der Waals surface area (Å²) >= 11 is 0. The average molecular weight is 411 g/mol. The molecule has 0 spiro atoms. The maximum atomic E-state index is 11.8. The molecule has 0 bridgehead atoms. The highest BCUT2D eigenvalue weighted by atomic mass is 16.5. The molecule has 0 amide bonds. The molecule has 0 fully saturated rings. The van der Waals surface area contributed by atoms with Gasteiger partial charge in [0.25, 0.3) is 0 Å². The largest absolute Gasteiger partial charge is 0.493 e. The van der Waals surface area contributed by atoms with Crippen molar-refractivity contribution in [2.24, 2.45) is 0 Å². The fourth-order valence-electron chi connectivity index (χ4n) is 3.92. The van der Waals surface area contributed by atoms with Crippen LogP contribution in [0.1, 0.15) is 22.3 Å². The molecule has 1 aromatic heterocycles. The van der Waals surface area contributed by atoms with Crippen LogP contribution in [-0.4, -0.2) is 22.4 Å². The lowest BCUT2D eigenvalue weighted by molar-refractivity contribution is 0.197. The minimum Gasteiger partial charge on any atom is -0.493 e. The smallest absolute Gasteiger partial charge is 0.416 e. The van der Waals surface area contributed by atoms with Crippen LogP contribution in [0.3, 0.4) is 0 Å². The van der Waals surface area contributed by atoms with Crippen LogP contribution < -0.4 is 9.47 Å². The van der Waals surface area contributed by atoms with Crippen LogP contribution in [0.15, 0.2) is 72.9 Å². The van der Waals surface area contributed by atoms with E-state index in [1.54, 1.807) is 12.3 Å². The summed E-state index contributed by atoms with van der Waals surface area (Å²) in [7, 11) is 0. The van der Waals surface area contributed by atoms with Gasteiger partial charge in [-0.15, -0.1) is 0 Å². The fraction of sp³-hybridized carbons (Fsp3) is 0.115. The molecule has 0 atom stereocenters. The molecule has 4 aromatic rings. The van der Waals surface area contributed by atoms with Crippen molar-refractivity contribution in [1.82, 2.24) is 4.57 Å². The first-order valence-corrected chi connectivity index (χ1v) is 10.2. The Morgan fingerprint density at radius 2 is 1.94 bits per heavy atom. The van der Waals surface area contributed by atoms with E-state index in [-0.39, 0.29) is 0 Å². The lowest BCUT2D eigenvalue weighted by Gasteiger charge is -2.09. The predicted octanol–water partition coefficient (Wildman–Crippen LogP) is 5.85. The summed E-state index contributed by atoms with van der Waals surface area (Å²) in [5.41, 5.74) is 4.68. The summed E-state index contributed by atoms with van der Waals surface area (Å²) < 4.78 is 12.9. The molecule has 0 aliphatic carbocycles. The Balaban J connectivity index is 1.52. The van der Waals surface area contributed by atoms with E-state index in [4.69, 9.17) is 9.47 Å². The summed E-state index contributed by atoms with van der Waals surface area (Å²) in [5, 5.41) is 10.4. The summed E-state index contributed by atoms with van der Waals surface area (Å²) in [6.45, 7) is 1.13. The quantitative estimate of drug-likeness (QED) is 0.447. The van der Waals surface area contributed by atoms with E-state index >= 15 is 0 Å². The van der Waals surface area contributed by atoms with Gasteiger partial charge in [0.05, 0.1) is 12.1 Å². The summed E-state index contributed by atoms with van der Waals surface area (Å²) in [5.74, 6) is 1.60. The number of nitrogens with zero attached hydrogens (tertiary/aromatic N) is 1. The molecule has 31 heavy (non-hydrogen) atoms. The van der Waals surface area contributed by atoms with Crippen LogP contribution in [-0.2, 0) is 13.0 Å². The van der Waals surface area contributed by atoms with Crippen molar-refractivity contribution in [3.8, 4) is 11.5 Å². The maximum Gasteiger partial charge on any atom is 0.416 e. The van der Waals surface area contributed by atoms with Gasteiger partial charge < -0.3 is 14.6 Å². The highest BCUT2D eigenvalue weighted by Crippen LogP contribution is 2.33. The van der Waals surface area contributed by atoms with E-state index in [1.807, 2.05) is 66.7 Å². The summed E-state index contributed by atoms with van der Waals surface area (Å²) in [4.78, 5) is 11.8. The number of carbonyl (C=O) groups is 1. The molecule has 3 aromatic carbocycles. The van der Waals surface area contributed by atoms with Crippen molar-refractivity contribution in [3.05, 3.63) is 95.2 Å². The van der Waals surface area contributed by atoms with E-state index in [1.165, 1.54) is 10.1 Å². The SMILES string of the molecule is O=C(O)n1cc(/C=C/c2ccc3c(c2)CCO3)c2c(OCc3ccccc3)cccc21. The molecule has 0 saturated heterocycles. The minimum atomic E-state index is -1.03. The number of carboxylic acid groups (broad SMARTS) is 1. The molecule has 1 aliphatic rings. The van der Waals surface area contributed by atoms with Crippen molar-refractivity contribution in [2.45, 2.75) is 13.0 Å². The van der Waals surface area contributed by atoms with Crippen molar-refractivity contribution in [3.63, 3.8) is 0 Å². The number of aromatic nitrogens is 1. The van der Waals surface area contributed by atoms with Gasteiger partial charge >= 0.3 is 6.09 Å². The number of hydrogen-bond acceptors (Lipinski definition) is 3. The van der Waals surface area contributed by atoms with Crippen LogP contribution in [0.25, 0.3) is 23.1 Å². The summed E-state index contributed by atoms with van der Waals surface area (Å²) in [6.07, 6.45) is 5.45. The standard InChI is InChI=1S/C26H21NO4/c28-26(29)27-16-21(11-9-18-10-12-23-20(15-18)13-14-30-23)25-22(27)7-4-8-24(25)31-17-19-5-2-1-3-6-19/h1-12,15-16H,13-14,17H2,(H,28,29)/b11-9+. The predicted molar refractivity (Wildman–Crippen MR) is 121 cm³/mol. The second-order valence-corrected chi connectivity index (χ2v) is 7.46. The number of benzene rings is 3. The van der Waals surface area contributed by atoms with Crippen LogP contribution in [0.5, 0.6) is 11.5 Å². The zero-order chi connectivity index (χ0) is 21.2. The van der Waals surface area contributed by atoms with Gasteiger partial charge in [0, 0.05) is 23.6 Å². The molecule has 0 radical (unpaired) electrons. The number of hydrogen-bond donors (Lipinski definition) is 1. The average Bonchev–Trinajstić information content (AvgIpc) is 3.41. The first-order valence-electron chi connectivity index (χ1n) is 10.2. The molecular formula is C26H21NO4. The topological polar surface area (TPSA) is 60.7 Å². The first kappa shape index (κ1) is 19.0. The van der Waals surface area contributed by atoms with Crippen LogP contribution in [0.4, 0.5) is 4.79 Å². The minimum absolute atomic E-state index is 0.409. The van der Waals surface area contributed by atoms with Gasteiger partial charge in [-0.3, -0.25) is 4.57 Å². The van der Waals surface area contributed by atoms with Gasteiger partial charge in [-0.25, -0.2) is 4.79 Å². The zero-order valence-corrected chi connectivity index (χ0v) is 16.8. The van der Waals surface area contributed by atoms with Crippen molar-refractivity contribution < 1.29 is 19.4 Å². The Bertz CT molecular complexity index is 1290. The van der Waals surface area contributed by atoms with E-state index in [9.17, 15) is 9.90 Å². The first-order chi connectivity index (χ1) is 15.2. The molecule has 2 heterocycles. The Kier molecular flexibility index (Phi) is 4.92. The third-order valence-corrected chi connectivity index (χ3v) is 5.43. The van der Waals surface area contributed by atoms with Gasteiger partial charge in [-0.1, -0.05) is 54.6 Å². The fourth-order valence-corrected chi connectivity index (χ4v) is 3.92. The van der Waals surface area contributed by atoms with Gasteiger partial charge in [0.2, 0.25) is 0 Å². The van der Waals surface area contributed by atoms with Gasteiger partial charge in [-0.05, 0) is 41.0 Å². The number of fused-ring (bicyclic) bond motifs is 2. The molecule has 0 saturated carbocycles. The highest BCUT2D eigenvalue weighted by Gasteiger charge is 2.16. The van der Waals surface area contributed by atoms with Crippen LogP contribution in [0, 0.1) is 0 Å². The van der Waals surface area contributed by atoms with E-state index < -0.39 is 6.09 Å². The van der Waals surface area contributed by atoms with Crippen molar-refractivity contribution in [1.29, 1.82) is 0 Å². The molecular weight excluding hydrogens is 390 g/mol. The second-order valence-electron chi connectivity index (χ2n) is 7.46. The number of rotatable bonds is 5. The molecule has 5 rings (SSSR count). The Hall–Kier alpha value is -3.99. The zero-order valence-electron chi connectivity index (χ0n) is 16.8. The Morgan fingerprint density at radius 1 is 1.06 bits per heavy atom. The molecule has 5 heteroatoms. The van der Waals surface area contributed by atoms with Gasteiger partial charge in [0.1, 0.15) is 18.1 Å². The monoisotopic (exact) mass is 411 g/mol. The highest BCUT2D eigenvalue weighted by molar-refractivity contribution is 6.00. The second kappa shape index (κ2) is 8.03. The Morgan fingerprint density at radius 3 is 2.77 bits per heavy atom. The number of ether oxygens (including phenoxy) is 2. The van der Waals surface area contributed by atoms with Crippen molar-refractivity contribution >= 4 is 29.1 Å². The van der Waals surface area contributed by atoms with Crippen LogP contribution in [0.2, 0.25) is 0 Å². The lowest BCUT2D eigenvalue weighted by Crippen LogP contribution is -2.05. The molecule has 1 N–H and O–H groups in total. The molecule has 1 aliphatic heterocycles. The van der Waals surface area contributed by atoms with Crippen LogP contribution >= 0.6 is 0 Å². The van der Waals surface area contributed by atoms with E-state index in [2.05, 4.69) is 6.07 Å². The summed E-state index contributed by atoms with van der Waals surface area (Å²) in [6, 6.07) is 21.5. The van der Waals surface area contributed by atoms with Gasteiger partial charge in [-0.2, -0.15) is 0 Å². The van der Waals surface area contributed by atoms with Crippen molar-refractivity contribution in [2.75, 3.05) is 6.61 Å². The normalized spacial score (nSPS) is 12.8. The molecule has 154 valence electrons. The van der Waals surface area contributed by atoms with Gasteiger partial charge in [0.15, 0.2) is 0 Å². The third kappa shape index (κ3) is 3.78. The third-order valence-electron chi connectivity index (χ3n) is 5.43. The maximum absolute atomic E-state index is 11.8. The van der Waals surface area contributed by atoms with E-state index in [0.29, 0.717) is 17.9 Å². The molecule has 0 unspecified atom stereocenters.